The Morgan fingerprint density at radius 2 is 1.93 bits per heavy atom. The molecule has 0 aliphatic rings. The lowest BCUT2D eigenvalue weighted by molar-refractivity contribution is -0.132. The van der Waals surface area contributed by atoms with Crippen LogP contribution in [0.25, 0.3) is 0 Å². The van der Waals surface area contributed by atoms with Crippen molar-refractivity contribution in [2.45, 2.75) is 25.4 Å². The fraction of sp³-hybridized carbons (Fsp3) is 0.667. The van der Waals surface area contributed by atoms with Crippen LogP contribution < -0.4 is 0 Å². The Morgan fingerprint density at radius 3 is 2.29 bits per heavy atom. The Bertz CT molecular complexity index is 211. The predicted octanol–water partition coefficient (Wildman–Crippen LogP) is 1.77. The standard InChI is InChI=1S/C9H18O4Si/c1-8(9(10)11)6-5-7-14(4,12-2)13-3/h1,5-7H2,2-4H3,(H,10,11). The van der Waals surface area contributed by atoms with Crippen molar-refractivity contribution in [3.8, 4) is 0 Å². The molecule has 14 heavy (non-hydrogen) atoms. The second-order valence-electron chi connectivity index (χ2n) is 3.30. The average molecular weight is 218 g/mol. The quantitative estimate of drug-likeness (QED) is 0.522. The second kappa shape index (κ2) is 5.95. The van der Waals surface area contributed by atoms with Gasteiger partial charge < -0.3 is 14.0 Å². The van der Waals surface area contributed by atoms with E-state index >= 15 is 0 Å². The maximum absolute atomic E-state index is 10.4. The van der Waals surface area contributed by atoms with Gasteiger partial charge in [0.2, 0.25) is 0 Å². The SMILES string of the molecule is C=C(CCC[Si](C)(OC)OC)C(=O)O. The highest BCUT2D eigenvalue weighted by Gasteiger charge is 2.27. The lowest BCUT2D eigenvalue weighted by Gasteiger charge is -2.22. The van der Waals surface area contributed by atoms with Crippen LogP contribution in [-0.2, 0) is 13.6 Å². The van der Waals surface area contributed by atoms with Crippen LogP contribution >= 0.6 is 0 Å². The van der Waals surface area contributed by atoms with E-state index in [1.165, 1.54) is 0 Å². The van der Waals surface area contributed by atoms with Gasteiger partial charge in [-0.2, -0.15) is 0 Å². The Kier molecular flexibility index (Phi) is 5.67. The predicted molar refractivity (Wildman–Crippen MR) is 56.5 cm³/mol. The number of hydrogen-bond donors (Lipinski definition) is 1. The number of carboxylic acid groups (broad SMARTS) is 1. The molecular formula is C9H18O4Si. The van der Waals surface area contributed by atoms with Gasteiger partial charge in [-0.3, -0.25) is 0 Å². The van der Waals surface area contributed by atoms with Crippen LogP contribution in [0, 0.1) is 0 Å². The molecule has 0 spiro atoms. The summed E-state index contributed by atoms with van der Waals surface area (Å²) in [7, 11) is 1.22. The summed E-state index contributed by atoms with van der Waals surface area (Å²) >= 11 is 0. The number of rotatable bonds is 7. The van der Waals surface area contributed by atoms with Gasteiger partial charge in [0.05, 0.1) is 0 Å². The molecule has 0 aromatic rings. The Balaban J connectivity index is 3.83. The molecule has 0 aromatic carbocycles. The topological polar surface area (TPSA) is 55.8 Å². The third-order valence-electron chi connectivity index (χ3n) is 2.28. The van der Waals surface area contributed by atoms with Gasteiger partial charge in [0.15, 0.2) is 0 Å². The zero-order valence-corrected chi connectivity index (χ0v) is 10.0. The van der Waals surface area contributed by atoms with Crippen molar-refractivity contribution in [1.29, 1.82) is 0 Å². The van der Waals surface area contributed by atoms with E-state index in [4.69, 9.17) is 14.0 Å². The van der Waals surface area contributed by atoms with Gasteiger partial charge in [-0.25, -0.2) is 4.79 Å². The first-order chi connectivity index (χ1) is 6.45. The van der Waals surface area contributed by atoms with E-state index in [0.29, 0.717) is 6.42 Å². The summed E-state index contributed by atoms with van der Waals surface area (Å²) in [5.74, 6) is -0.928. The van der Waals surface area contributed by atoms with Gasteiger partial charge in [-0.1, -0.05) is 6.58 Å². The van der Waals surface area contributed by atoms with Crippen LogP contribution in [0.4, 0.5) is 0 Å². The van der Waals surface area contributed by atoms with Crippen molar-refractivity contribution in [2.75, 3.05) is 14.2 Å². The summed E-state index contributed by atoms with van der Waals surface area (Å²) in [5.41, 5.74) is 0.244. The van der Waals surface area contributed by atoms with E-state index in [9.17, 15) is 4.79 Å². The second-order valence-corrected chi connectivity index (χ2v) is 6.89. The first kappa shape index (κ1) is 13.3. The van der Waals surface area contributed by atoms with E-state index in [0.717, 1.165) is 12.5 Å². The summed E-state index contributed by atoms with van der Waals surface area (Å²) in [5, 5.41) is 8.58. The van der Waals surface area contributed by atoms with Crippen LogP contribution in [-0.4, -0.2) is 33.9 Å². The molecule has 0 atom stereocenters. The third-order valence-corrected chi connectivity index (χ3v) is 5.26. The highest BCUT2D eigenvalue weighted by molar-refractivity contribution is 6.65. The zero-order chi connectivity index (χ0) is 11.2. The highest BCUT2D eigenvalue weighted by atomic mass is 28.4. The molecule has 0 saturated carbocycles. The van der Waals surface area contributed by atoms with Gasteiger partial charge >= 0.3 is 14.5 Å². The van der Waals surface area contributed by atoms with Crippen molar-refractivity contribution in [2.24, 2.45) is 0 Å². The van der Waals surface area contributed by atoms with E-state index in [1.807, 2.05) is 6.55 Å². The smallest absolute Gasteiger partial charge is 0.334 e. The lowest BCUT2D eigenvalue weighted by atomic mass is 10.2. The van der Waals surface area contributed by atoms with Gasteiger partial charge in [0.25, 0.3) is 0 Å². The van der Waals surface area contributed by atoms with Gasteiger partial charge in [-0.15, -0.1) is 0 Å². The molecule has 0 bridgehead atoms. The molecule has 0 unspecified atom stereocenters. The van der Waals surface area contributed by atoms with Crippen LogP contribution in [0.5, 0.6) is 0 Å². The first-order valence-corrected chi connectivity index (χ1v) is 6.99. The first-order valence-electron chi connectivity index (χ1n) is 4.46. The molecule has 0 aliphatic heterocycles. The summed E-state index contributed by atoms with van der Waals surface area (Å²) in [4.78, 5) is 10.4. The van der Waals surface area contributed by atoms with Crippen LogP contribution in [0.15, 0.2) is 12.2 Å². The Hall–Kier alpha value is -0.653. The Morgan fingerprint density at radius 1 is 1.43 bits per heavy atom. The molecule has 0 saturated heterocycles. The summed E-state index contributed by atoms with van der Waals surface area (Å²) in [6, 6.07) is 0.784. The molecular weight excluding hydrogens is 200 g/mol. The van der Waals surface area contributed by atoms with Crippen LogP contribution in [0.1, 0.15) is 12.8 Å². The zero-order valence-electron chi connectivity index (χ0n) is 9.00. The van der Waals surface area contributed by atoms with Crippen LogP contribution in [0.2, 0.25) is 12.6 Å². The van der Waals surface area contributed by atoms with Crippen molar-refractivity contribution >= 4 is 14.5 Å². The average Bonchev–Trinajstić information content (AvgIpc) is 2.17. The number of carboxylic acids is 1. The lowest BCUT2D eigenvalue weighted by Crippen LogP contribution is -2.35. The fourth-order valence-corrected chi connectivity index (χ4v) is 2.41. The summed E-state index contributed by atoms with van der Waals surface area (Å²) in [6.07, 6.45) is 1.24. The maximum atomic E-state index is 10.4. The highest BCUT2D eigenvalue weighted by Crippen LogP contribution is 2.17. The minimum atomic E-state index is -2.03. The molecule has 0 aromatic heterocycles. The molecule has 5 heteroatoms. The minimum absolute atomic E-state index is 0.244. The normalized spacial score (nSPS) is 11.4. The minimum Gasteiger partial charge on any atom is -0.478 e. The third kappa shape index (κ3) is 4.55. The maximum Gasteiger partial charge on any atom is 0.334 e. The number of carbonyl (C=O) groups is 1. The number of hydrogen-bond acceptors (Lipinski definition) is 3. The van der Waals surface area contributed by atoms with Gasteiger partial charge in [0.1, 0.15) is 0 Å². The molecule has 82 valence electrons. The monoisotopic (exact) mass is 218 g/mol. The summed E-state index contributed by atoms with van der Waals surface area (Å²) < 4.78 is 10.5. The largest absolute Gasteiger partial charge is 0.478 e. The van der Waals surface area contributed by atoms with E-state index in [-0.39, 0.29) is 5.57 Å². The fourth-order valence-electron chi connectivity index (χ4n) is 1.02. The van der Waals surface area contributed by atoms with Crippen molar-refractivity contribution in [1.82, 2.24) is 0 Å². The van der Waals surface area contributed by atoms with Crippen molar-refractivity contribution in [3.05, 3.63) is 12.2 Å². The molecule has 0 heterocycles. The summed E-state index contributed by atoms with van der Waals surface area (Å²) in [6.45, 7) is 5.41. The van der Waals surface area contributed by atoms with Crippen LogP contribution in [0.3, 0.4) is 0 Å². The van der Waals surface area contributed by atoms with Gasteiger partial charge in [-0.05, 0) is 25.4 Å². The number of aliphatic carboxylic acids is 1. The van der Waals surface area contributed by atoms with Gasteiger partial charge in [0, 0.05) is 19.8 Å². The molecule has 1 N–H and O–H groups in total. The molecule has 0 radical (unpaired) electrons. The van der Waals surface area contributed by atoms with Crippen molar-refractivity contribution in [3.63, 3.8) is 0 Å². The molecule has 0 fully saturated rings. The molecule has 4 nitrogen and oxygen atoms in total. The molecule has 0 rings (SSSR count). The van der Waals surface area contributed by atoms with E-state index in [2.05, 4.69) is 6.58 Å². The van der Waals surface area contributed by atoms with Crippen molar-refractivity contribution < 1.29 is 18.8 Å². The van der Waals surface area contributed by atoms with E-state index in [1.54, 1.807) is 14.2 Å². The Labute approximate surface area is 85.8 Å². The molecule has 0 amide bonds. The van der Waals surface area contributed by atoms with E-state index < -0.39 is 14.5 Å². The molecule has 0 aliphatic carbocycles.